The van der Waals surface area contributed by atoms with Gasteiger partial charge >= 0.3 is 5.69 Å². The summed E-state index contributed by atoms with van der Waals surface area (Å²) in [6.45, 7) is 6.45. The predicted octanol–water partition coefficient (Wildman–Crippen LogP) is 2.19. The molecule has 0 amide bonds. The van der Waals surface area contributed by atoms with E-state index >= 15 is 0 Å². The SMILES string of the molecule is CSC(C)(C)CNc1c([N+](=O)[O-])c(C)nn1C. The van der Waals surface area contributed by atoms with Gasteiger partial charge in [0.25, 0.3) is 0 Å². The average molecular weight is 258 g/mol. The number of nitrogens with zero attached hydrogens (tertiary/aromatic N) is 3. The molecule has 0 unspecified atom stereocenters. The molecule has 6 nitrogen and oxygen atoms in total. The van der Waals surface area contributed by atoms with Gasteiger partial charge in [-0.05, 0) is 27.0 Å². The standard InChI is InChI=1S/C10H18N4O2S/c1-7-8(14(15)16)9(13(4)12-7)11-6-10(2,3)17-5/h11H,6H2,1-5H3. The summed E-state index contributed by atoms with van der Waals surface area (Å²) in [5.74, 6) is 0.467. The highest BCUT2D eigenvalue weighted by Crippen LogP contribution is 2.29. The quantitative estimate of drug-likeness (QED) is 0.647. The van der Waals surface area contributed by atoms with Gasteiger partial charge in [0.15, 0.2) is 0 Å². The number of nitrogens with one attached hydrogen (secondary N) is 1. The summed E-state index contributed by atoms with van der Waals surface area (Å²) in [5, 5.41) is 18.1. The third-order valence-corrected chi connectivity index (χ3v) is 3.86. The Morgan fingerprint density at radius 2 is 2.18 bits per heavy atom. The summed E-state index contributed by atoms with van der Waals surface area (Å²) < 4.78 is 1.54. The van der Waals surface area contributed by atoms with Gasteiger partial charge in [-0.25, -0.2) is 4.68 Å². The lowest BCUT2D eigenvalue weighted by Gasteiger charge is -2.22. The summed E-state index contributed by atoms with van der Waals surface area (Å²) in [4.78, 5) is 10.6. The molecule has 0 saturated heterocycles. The Hall–Kier alpha value is -1.24. The molecular formula is C10H18N4O2S. The fourth-order valence-corrected chi connectivity index (χ4v) is 1.65. The van der Waals surface area contributed by atoms with Crippen LogP contribution in [0, 0.1) is 17.0 Å². The molecule has 0 aromatic carbocycles. The van der Waals surface area contributed by atoms with Gasteiger partial charge in [-0.15, -0.1) is 0 Å². The molecule has 1 N–H and O–H groups in total. The van der Waals surface area contributed by atoms with Crippen LogP contribution < -0.4 is 5.32 Å². The van der Waals surface area contributed by atoms with Crippen LogP contribution in [0.1, 0.15) is 19.5 Å². The largest absolute Gasteiger partial charge is 0.363 e. The third-order valence-electron chi connectivity index (χ3n) is 2.61. The highest BCUT2D eigenvalue weighted by Gasteiger charge is 2.25. The highest BCUT2D eigenvalue weighted by molar-refractivity contribution is 7.99. The predicted molar refractivity (Wildman–Crippen MR) is 70.7 cm³/mol. The maximum Gasteiger partial charge on any atom is 0.333 e. The first-order valence-corrected chi connectivity index (χ1v) is 6.48. The molecule has 17 heavy (non-hydrogen) atoms. The van der Waals surface area contributed by atoms with Crippen molar-refractivity contribution in [3.05, 3.63) is 15.8 Å². The van der Waals surface area contributed by atoms with Crippen LogP contribution in [0.5, 0.6) is 0 Å². The lowest BCUT2D eigenvalue weighted by molar-refractivity contribution is -0.384. The van der Waals surface area contributed by atoms with Gasteiger partial charge in [0.1, 0.15) is 5.69 Å². The molecule has 0 aliphatic carbocycles. The maximum atomic E-state index is 11.0. The summed E-state index contributed by atoms with van der Waals surface area (Å²) in [6.07, 6.45) is 2.02. The van der Waals surface area contributed by atoms with Crippen molar-refractivity contribution in [3.8, 4) is 0 Å². The number of aryl methyl sites for hydroxylation is 2. The fourth-order valence-electron chi connectivity index (χ4n) is 1.43. The molecule has 96 valence electrons. The van der Waals surface area contributed by atoms with Gasteiger partial charge in [0.2, 0.25) is 5.82 Å². The monoisotopic (exact) mass is 258 g/mol. The Morgan fingerprint density at radius 3 is 2.65 bits per heavy atom. The first kappa shape index (κ1) is 13.8. The summed E-state index contributed by atoms with van der Waals surface area (Å²) in [6, 6.07) is 0. The van der Waals surface area contributed by atoms with Crippen LogP contribution in [-0.4, -0.2) is 32.3 Å². The smallest absolute Gasteiger partial charge is 0.333 e. The van der Waals surface area contributed by atoms with Gasteiger partial charge in [-0.2, -0.15) is 16.9 Å². The van der Waals surface area contributed by atoms with Gasteiger partial charge in [-0.3, -0.25) is 10.1 Å². The Labute approximate surface area is 105 Å². The van der Waals surface area contributed by atoms with Gasteiger partial charge in [0, 0.05) is 18.3 Å². The fraction of sp³-hybridized carbons (Fsp3) is 0.700. The van der Waals surface area contributed by atoms with E-state index in [1.807, 2.05) is 6.26 Å². The van der Waals surface area contributed by atoms with E-state index in [1.54, 1.807) is 25.7 Å². The van der Waals surface area contributed by atoms with Crippen molar-refractivity contribution in [2.24, 2.45) is 7.05 Å². The van der Waals surface area contributed by atoms with E-state index < -0.39 is 4.92 Å². The molecule has 0 bridgehead atoms. The van der Waals surface area contributed by atoms with E-state index in [9.17, 15) is 10.1 Å². The molecule has 0 radical (unpaired) electrons. The molecule has 0 aliphatic rings. The molecule has 1 aromatic heterocycles. The van der Waals surface area contributed by atoms with Crippen molar-refractivity contribution in [3.63, 3.8) is 0 Å². The van der Waals surface area contributed by atoms with Crippen molar-refractivity contribution < 1.29 is 4.92 Å². The minimum absolute atomic E-state index is 0.0199. The van der Waals surface area contributed by atoms with E-state index in [1.165, 1.54) is 4.68 Å². The molecule has 0 saturated carbocycles. The molecule has 7 heteroatoms. The van der Waals surface area contributed by atoms with Crippen LogP contribution in [0.25, 0.3) is 0 Å². The van der Waals surface area contributed by atoms with E-state index in [-0.39, 0.29) is 10.4 Å². The van der Waals surface area contributed by atoms with Crippen molar-refractivity contribution in [2.45, 2.75) is 25.5 Å². The lowest BCUT2D eigenvalue weighted by Crippen LogP contribution is -2.26. The summed E-state index contributed by atoms with van der Waals surface area (Å²) in [7, 11) is 1.70. The van der Waals surface area contributed by atoms with E-state index in [4.69, 9.17) is 0 Å². The Balaban J connectivity index is 2.95. The average Bonchev–Trinajstić information content (AvgIpc) is 2.50. The molecule has 0 fully saturated rings. The van der Waals surface area contributed by atoms with Crippen molar-refractivity contribution in [1.29, 1.82) is 0 Å². The second-order valence-electron chi connectivity index (χ2n) is 4.48. The molecule has 1 aromatic rings. The molecule has 0 aliphatic heterocycles. The maximum absolute atomic E-state index is 11.0. The summed E-state index contributed by atoms with van der Waals surface area (Å²) >= 11 is 1.71. The minimum Gasteiger partial charge on any atom is -0.363 e. The third kappa shape index (κ3) is 3.12. The van der Waals surface area contributed by atoms with Crippen LogP contribution in [0.3, 0.4) is 0 Å². The van der Waals surface area contributed by atoms with Crippen LogP contribution in [0.4, 0.5) is 11.5 Å². The molecule has 0 spiro atoms. The van der Waals surface area contributed by atoms with Crippen LogP contribution in [0.2, 0.25) is 0 Å². The Bertz CT molecular complexity index is 428. The van der Waals surface area contributed by atoms with Crippen LogP contribution in [-0.2, 0) is 7.05 Å². The zero-order chi connectivity index (χ0) is 13.2. The number of rotatable bonds is 5. The van der Waals surface area contributed by atoms with Gasteiger partial charge in [-0.1, -0.05) is 0 Å². The van der Waals surface area contributed by atoms with E-state index in [2.05, 4.69) is 24.3 Å². The second kappa shape index (κ2) is 4.95. The molecule has 1 heterocycles. The molecule has 1 rings (SSSR count). The molecular weight excluding hydrogens is 240 g/mol. The first-order valence-electron chi connectivity index (χ1n) is 5.25. The lowest BCUT2D eigenvalue weighted by atomic mass is 10.2. The Morgan fingerprint density at radius 1 is 1.59 bits per heavy atom. The first-order chi connectivity index (χ1) is 7.78. The topological polar surface area (TPSA) is 73.0 Å². The number of hydrogen-bond donors (Lipinski definition) is 1. The van der Waals surface area contributed by atoms with E-state index in [0.29, 0.717) is 18.1 Å². The van der Waals surface area contributed by atoms with Crippen LogP contribution >= 0.6 is 11.8 Å². The Kier molecular flexibility index (Phi) is 4.03. The number of aromatic nitrogens is 2. The summed E-state index contributed by atoms with van der Waals surface area (Å²) in [5.41, 5.74) is 0.492. The van der Waals surface area contributed by atoms with Crippen LogP contribution in [0.15, 0.2) is 0 Å². The minimum atomic E-state index is -0.392. The highest BCUT2D eigenvalue weighted by atomic mass is 32.2. The number of hydrogen-bond acceptors (Lipinski definition) is 5. The van der Waals surface area contributed by atoms with Gasteiger partial charge < -0.3 is 5.32 Å². The number of anilines is 1. The zero-order valence-electron chi connectivity index (χ0n) is 10.8. The van der Waals surface area contributed by atoms with Crippen molar-refractivity contribution in [2.75, 3.05) is 18.1 Å². The normalized spacial score (nSPS) is 11.6. The second-order valence-corrected chi connectivity index (χ2v) is 5.99. The molecule has 0 atom stereocenters. The van der Waals surface area contributed by atoms with Crippen molar-refractivity contribution >= 4 is 23.3 Å². The zero-order valence-corrected chi connectivity index (χ0v) is 11.6. The van der Waals surface area contributed by atoms with Crippen molar-refractivity contribution in [1.82, 2.24) is 9.78 Å². The van der Waals surface area contributed by atoms with E-state index in [0.717, 1.165) is 0 Å². The van der Waals surface area contributed by atoms with Gasteiger partial charge in [0.05, 0.1) is 4.92 Å². The number of thioether (sulfide) groups is 1. The number of nitro groups is 1.